The first-order chi connectivity index (χ1) is 28.7. The van der Waals surface area contributed by atoms with Crippen LogP contribution in [-0.2, 0) is 0 Å². The van der Waals surface area contributed by atoms with Gasteiger partial charge in [-0.3, -0.25) is 0 Å². The van der Waals surface area contributed by atoms with Crippen molar-refractivity contribution in [3.63, 3.8) is 0 Å². The van der Waals surface area contributed by atoms with Crippen molar-refractivity contribution in [2.45, 2.75) is 0 Å². The number of aromatic nitrogens is 4. The molecule has 6 heteroatoms. The van der Waals surface area contributed by atoms with Crippen LogP contribution < -0.4 is 0 Å². The van der Waals surface area contributed by atoms with Crippen molar-refractivity contribution >= 4 is 65.6 Å². The van der Waals surface area contributed by atoms with Crippen molar-refractivity contribution in [3.8, 4) is 56.5 Å². The number of benzene rings is 8. The van der Waals surface area contributed by atoms with E-state index in [0.717, 1.165) is 105 Å². The van der Waals surface area contributed by atoms with Gasteiger partial charge in [-0.15, -0.1) is 0 Å². The highest BCUT2D eigenvalue weighted by molar-refractivity contribution is 6.26. The Hall–Kier alpha value is -7.96. The number of para-hydroxylation sites is 2. The normalized spacial score (nSPS) is 11.8. The molecule has 12 aromatic rings. The summed E-state index contributed by atoms with van der Waals surface area (Å²) in [5.74, 6) is 1.79. The quantitative estimate of drug-likeness (QED) is 0.163. The fraction of sp³-hybridized carbons (Fsp3) is 0. The maximum absolute atomic E-state index is 6.82. The van der Waals surface area contributed by atoms with E-state index in [9.17, 15) is 0 Å². The first-order valence-corrected chi connectivity index (χ1v) is 19.3. The van der Waals surface area contributed by atoms with Crippen LogP contribution >= 0.6 is 0 Å². The van der Waals surface area contributed by atoms with Gasteiger partial charge in [0.15, 0.2) is 17.5 Å². The van der Waals surface area contributed by atoms with E-state index < -0.39 is 0 Å². The summed E-state index contributed by atoms with van der Waals surface area (Å²) < 4.78 is 13.1. The largest absolute Gasteiger partial charge is 0.456 e. The zero-order valence-corrected chi connectivity index (χ0v) is 30.9. The zero-order chi connectivity index (χ0) is 38.2. The van der Waals surface area contributed by atoms with Gasteiger partial charge in [0.2, 0.25) is 0 Å². The predicted molar refractivity (Wildman–Crippen MR) is 234 cm³/mol. The maximum Gasteiger partial charge on any atom is 0.164 e. The second kappa shape index (κ2) is 12.8. The summed E-state index contributed by atoms with van der Waals surface area (Å²) in [6, 6.07) is 62.0. The van der Waals surface area contributed by atoms with Gasteiger partial charge in [0.05, 0.1) is 11.2 Å². The summed E-state index contributed by atoms with van der Waals surface area (Å²) in [6.07, 6.45) is 0. The Morgan fingerprint density at radius 2 is 0.845 bits per heavy atom. The van der Waals surface area contributed by atoms with Crippen molar-refractivity contribution in [2.24, 2.45) is 0 Å². The van der Waals surface area contributed by atoms with E-state index >= 15 is 0 Å². The summed E-state index contributed by atoms with van der Waals surface area (Å²) in [5.41, 5.74) is 11.1. The van der Waals surface area contributed by atoms with Crippen LogP contribution in [0, 0.1) is 0 Å². The lowest BCUT2D eigenvalue weighted by Crippen LogP contribution is -2.00. The molecule has 0 radical (unpaired) electrons. The molecule has 0 saturated carbocycles. The number of pyridine rings is 1. The van der Waals surface area contributed by atoms with Crippen LogP contribution in [0.15, 0.2) is 191 Å². The third kappa shape index (κ3) is 5.05. The average molecular weight is 743 g/mol. The summed E-state index contributed by atoms with van der Waals surface area (Å²) in [7, 11) is 0. The third-order valence-corrected chi connectivity index (χ3v) is 11.1. The van der Waals surface area contributed by atoms with E-state index in [4.69, 9.17) is 28.8 Å². The summed E-state index contributed by atoms with van der Waals surface area (Å²) in [4.78, 5) is 20.3. The monoisotopic (exact) mass is 742 g/mol. The number of fused-ring (bicyclic) bond motifs is 10. The minimum absolute atomic E-state index is 0.588. The molecular weight excluding hydrogens is 713 g/mol. The molecule has 0 atom stereocenters. The molecule has 4 aromatic heterocycles. The van der Waals surface area contributed by atoms with Gasteiger partial charge in [0.25, 0.3) is 0 Å². The summed E-state index contributed by atoms with van der Waals surface area (Å²) in [6.45, 7) is 0. The molecule has 6 nitrogen and oxygen atoms in total. The van der Waals surface area contributed by atoms with Gasteiger partial charge in [-0.2, -0.15) is 0 Å². The molecule has 0 fully saturated rings. The van der Waals surface area contributed by atoms with E-state index in [1.807, 2.05) is 72.8 Å². The SMILES string of the molecule is c1ccc(-c2nc(-c3ccc(-c4cccc5oc6c(ccc7c(-c8ccccc8)nc8ccccc8c76)c45)cc3)nc(-c3cccc4oc5ccccc5c34)n2)cc1. The van der Waals surface area contributed by atoms with Gasteiger partial charge >= 0.3 is 0 Å². The lowest BCUT2D eigenvalue weighted by Gasteiger charge is -2.11. The molecule has 0 spiro atoms. The molecule has 0 aliphatic carbocycles. The average Bonchev–Trinajstić information content (AvgIpc) is 3.88. The fourth-order valence-electron chi connectivity index (χ4n) is 8.48. The second-order valence-electron chi connectivity index (χ2n) is 14.5. The number of furan rings is 2. The molecule has 0 aliphatic heterocycles. The Kier molecular flexibility index (Phi) is 7.13. The van der Waals surface area contributed by atoms with Crippen LogP contribution in [0.5, 0.6) is 0 Å². The van der Waals surface area contributed by atoms with Crippen LogP contribution in [0.1, 0.15) is 0 Å². The number of hydrogen-bond acceptors (Lipinski definition) is 6. The van der Waals surface area contributed by atoms with Crippen molar-refractivity contribution in [2.75, 3.05) is 0 Å². The van der Waals surface area contributed by atoms with Crippen LogP contribution in [-0.4, -0.2) is 19.9 Å². The van der Waals surface area contributed by atoms with Crippen molar-refractivity contribution in [3.05, 3.63) is 182 Å². The highest BCUT2D eigenvalue weighted by Crippen LogP contribution is 2.44. The molecule has 0 saturated heterocycles. The molecule has 8 aromatic carbocycles. The molecule has 0 aliphatic rings. The van der Waals surface area contributed by atoms with Crippen LogP contribution in [0.25, 0.3) is 122 Å². The Balaban J connectivity index is 1.01. The summed E-state index contributed by atoms with van der Waals surface area (Å²) in [5, 5.41) is 7.34. The molecule has 270 valence electrons. The number of nitrogens with zero attached hydrogens (tertiary/aromatic N) is 4. The topological polar surface area (TPSA) is 77.8 Å². The Morgan fingerprint density at radius 1 is 0.293 bits per heavy atom. The minimum atomic E-state index is 0.588. The maximum atomic E-state index is 6.82. The smallest absolute Gasteiger partial charge is 0.164 e. The van der Waals surface area contributed by atoms with E-state index in [-0.39, 0.29) is 0 Å². The van der Waals surface area contributed by atoms with Crippen LogP contribution in [0.2, 0.25) is 0 Å². The molecule has 0 N–H and O–H groups in total. The van der Waals surface area contributed by atoms with Gasteiger partial charge in [0.1, 0.15) is 22.3 Å². The molecule has 58 heavy (non-hydrogen) atoms. The lowest BCUT2D eigenvalue weighted by atomic mass is 9.95. The van der Waals surface area contributed by atoms with E-state index in [0.29, 0.717) is 17.5 Å². The van der Waals surface area contributed by atoms with Crippen molar-refractivity contribution in [1.29, 1.82) is 0 Å². The minimum Gasteiger partial charge on any atom is -0.456 e. The van der Waals surface area contributed by atoms with E-state index in [1.165, 1.54) is 0 Å². The molecule has 4 heterocycles. The highest BCUT2D eigenvalue weighted by Gasteiger charge is 2.21. The number of hydrogen-bond donors (Lipinski definition) is 0. The first kappa shape index (κ1) is 32.3. The third-order valence-electron chi connectivity index (χ3n) is 11.1. The fourth-order valence-corrected chi connectivity index (χ4v) is 8.48. The number of rotatable bonds is 5. The Morgan fingerprint density at radius 3 is 1.62 bits per heavy atom. The lowest BCUT2D eigenvalue weighted by molar-refractivity contribution is 0.669. The van der Waals surface area contributed by atoms with Crippen molar-refractivity contribution in [1.82, 2.24) is 19.9 Å². The van der Waals surface area contributed by atoms with Crippen LogP contribution in [0.3, 0.4) is 0 Å². The van der Waals surface area contributed by atoms with Crippen LogP contribution in [0.4, 0.5) is 0 Å². The second-order valence-corrected chi connectivity index (χ2v) is 14.5. The molecule has 0 amide bonds. The van der Waals surface area contributed by atoms with Gasteiger partial charge in [-0.1, -0.05) is 152 Å². The van der Waals surface area contributed by atoms with E-state index in [2.05, 4.69) is 109 Å². The standard InChI is InChI=1S/C52H30N4O2/c1-3-13-32(14-4-1)48-38-29-30-39-45-35(19-11-24-44(45)58-49(39)47(38)36-17-7-9-21-41(36)53-48)31-25-27-34(28-26-31)51-54-50(33-15-5-2-6-16-33)55-52(56-51)40-20-12-23-43-46(40)37-18-8-10-22-42(37)57-43/h1-30H. The van der Waals surface area contributed by atoms with E-state index in [1.54, 1.807) is 0 Å². The van der Waals surface area contributed by atoms with Gasteiger partial charge in [0, 0.05) is 60.0 Å². The first-order valence-electron chi connectivity index (χ1n) is 19.3. The zero-order valence-electron chi connectivity index (χ0n) is 30.9. The van der Waals surface area contributed by atoms with Gasteiger partial charge in [-0.25, -0.2) is 19.9 Å². The predicted octanol–water partition coefficient (Wildman–Crippen LogP) is 13.7. The molecular formula is C52H30N4O2. The summed E-state index contributed by atoms with van der Waals surface area (Å²) >= 11 is 0. The molecule has 12 rings (SSSR count). The molecule has 0 unspecified atom stereocenters. The highest BCUT2D eigenvalue weighted by atomic mass is 16.3. The molecule has 0 bridgehead atoms. The van der Waals surface area contributed by atoms with Gasteiger partial charge in [-0.05, 0) is 41.5 Å². The Labute approximate surface area is 331 Å². The van der Waals surface area contributed by atoms with Gasteiger partial charge < -0.3 is 8.83 Å². The van der Waals surface area contributed by atoms with Crippen molar-refractivity contribution < 1.29 is 8.83 Å². The Bertz CT molecular complexity index is 3560.